The molecule has 0 aromatic heterocycles. The van der Waals surface area contributed by atoms with E-state index in [0.29, 0.717) is 12.8 Å². The molecule has 1 fully saturated rings. The maximum atomic E-state index is 12.7. The third kappa shape index (κ3) is 2.89. The summed E-state index contributed by atoms with van der Waals surface area (Å²) >= 11 is 0. The Labute approximate surface area is 125 Å². The Kier molecular flexibility index (Phi) is 4.25. The van der Waals surface area contributed by atoms with Gasteiger partial charge in [0.25, 0.3) is 0 Å². The summed E-state index contributed by atoms with van der Waals surface area (Å²) in [5.41, 5.74) is 1.78. The van der Waals surface area contributed by atoms with Crippen LogP contribution >= 0.6 is 0 Å². The van der Waals surface area contributed by atoms with Crippen LogP contribution in [0.4, 0.5) is 5.69 Å². The smallest absolute Gasteiger partial charge is 0.322 e. The van der Waals surface area contributed by atoms with Crippen molar-refractivity contribution in [3.63, 3.8) is 0 Å². The molecule has 7 heteroatoms. The number of benzene rings is 1. The average molecular weight is 312 g/mol. The molecule has 0 amide bonds. The SMILES string of the molecule is Cc1ccc(S(=O)(=O)N2CCC[C@@H]2C(=O)O)cc1N(C)C. The third-order valence-electron chi connectivity index (χ3n) is 3.76. The minimum absolute atomic E-state index is 0.143. The molecular weight excluding hydrogens is 292 g/mol. The first-order valence-corrected chi connectivity index (χ1v) is 8.22. The van der Waals surface area contributed by atoms with E-state index in [4.69, 9.17) is 5.11 Å². The molecule has 21 heavy (non-hydrogen) atoms. The van der Waals surface area contributed by atoms with Gasteiger partial charge in [-0.05, 0) is 37.5 Å². The molecule has 0 spiro atoms. The van der Waals surface area contributed by atoms with Crippen LogP contribution in [0.3, 0.4) is 0 Å². The highest BCUT2D eigenvalue weighted by atomic mass is 32.2. The predicted octanol–water partition coefficient (Wildman–Crippen LogP) is 1.30. The second kappa shape index (κ2) is 5.65. The standard InChI is InChI=1S/C14H20N2O4S/c1-10-6-7-11(9-13(10)15(2)3)21(19,20)16-8-4-5-12(16)14(17)18/h6-7,9,12H,4-5,8H2,1-3H3,(H,17,18)/t12-/m1/s1. The normalized spacial score (nSPS) is 19.7. The first-order valence-electron chi connectivity index (χ1n) is 6.78. The van der Waals surface area contributed by atoms with Gasteiger partial charge in [0, 0.05) is 26.3 Å². The van der Waals surface area contributed by atoms with Crippen LogP contribution < -0.4 is 4.90 Å². The third-order valence-corrected chi connectivity index (χ3v) is 5.66. The van der Waals surface area contributed by atoms with E-state index in [0.717, 1.165) is 15.6 Å². The van der Waals surface area contributed by atoms with Gasteiger partial charge in [0.15, 0.2) is 0 Å². The summed E-state index contributed by atoms with van der Waals surface area (Å²) < 4.78 is 26.5. The lowest BCUT2D eigenvalue weighted by Gasteiger charge is -2.23. The summed E-state index contributed by atoms with van der Waals surface area (Å²) in [6.45, 7) is 2.16. The van der Waals surface area contributed by atoms with Gasteiger partial charge in [-0.25, -0.2) is 8.42 Å². The van der Waals surface area contributed by atoms with Crippen LogP contribution in [0.15, 0.2) is 23.1 Å². The Morgan fingerprint density at radius 3 is 2.62 bits per heavy atom. The number of anilines is 1. The Morgan fingerprint density at radius 1 is 1.38 bits per heavy atom. The molecule has 0 saturated carbocycles. The molecule has 1 aliphatic heterocycles. The molecule has 0 unspecified atom stereocenters. The molecule has 0 aliphatic carbocycles. The van der Waals surface area contributed by atoms with E-state index >= 15 is 0 Å². The van der Waals surface area contributed by atoms with Crippen molar-refractivity contribution in [2.24, 2.45) is 0 Å². The summed E-state index contributed by atoms with van der Waals surface area (Å²) in [5, 5.41) is 9.17. The zero-order valence-corrected chi connectivity index (χ0v) is 13.2. The van der Waals surface area contributed by atoms with Crippen LogP contribution in [0, 0.1) is 6.92 Å². The molecule has 1 N–H and O–H groups in total. The summed E-state index contributed by atoms with van der Waals surface area (Å²) in [6, 6.07) is 3.92. The van der Waals surface area contributed by atoms with E-state index < -0.39 is 22.0 Å². The molecule has 6 nitrogen and oxygen atoms in total. The highest BCUT2D eigenvalue weighted by Crippen LogP contribution is 2.29. The minimum atomic E-state index is -3.78. The van der Waals surface area contributed by atoms with Gasteiger partial charge in [0.2, 0.25) is 10.0 Å². The number of nitrogens with zero attached hydrogens (tertiary/aromatic N) is 2. The van der Waals surface area contributed by atoms with E-state index in [2.05, 4.69) is 0 Å². The molecule has 1 aliphatic rings. The number of carbonyl (C=O) groups is 1. The molecule has 2 rings (SSSR count). The van der Waals surface area contributed by atoms with Crippen molar-refractivity contribution in [1.29, 1.82) is 0 Å². The van der Waals surface area contributed by atoms with Crippen LogP contribution in [0.25, 0.3) is 0 Å². The Bertz CT molecular complexity index is 655. The number of rotatable bonds is 4. The second-order valence-electron chi connectivity index (χ2n) is 5.45. The zero-order valence-electron chi connectivity index (χ0n) is 12.4. The first kappa shape index (κ1) is 15.8. The van der Waals surface area contributed by atoms with Crippen LogP contribution in [0.1, 0.15) is 18.4 Å². The molecular formula is C14H20N2O4S. The lowest BCUT2D eigenvalue weighted by molar-refractivity contribution is -0.140. The minimum Gasteiger partial charge on any atom is -0.480 e. The number of carboxylic acid groups (broad SMARTS) is 1. The molecule has 1 heterocycles. The quantitative estimate of drug-likeness (QED) is 0.906. The van der Waals surface area contributed by atoms with E-state index in [1.807, 2.05) is 25.9 Å². The fourth-order valence-corrected chi connectivity index (χ4v) is 4.31. The van der Waals surface area contributed by atoms with Crippen LogP contribution in [-0.2, 0) is 14.8 Å². The Morgan fingerprint density at radius 2 is 2.05 bits per heavy atom. The van der Waals surface area contributed by atoms with Gasteiger partial charge in [-0.1, -0.05) is 6.07 Å². The molecule has 0 radical (unpaired) electrons. The summed E-state index contributed by atoms with van der Waals surface area (Å²) in [6.07, 6.45) is 0.934. The molecule has 0 bridgehead atoms. The van der Waals surface area contributed by atoms with Gasteiger partial charge in [-0.2, -0.15) is 4.31 Å². The van der Waals surface area contributed by atoms with E-state index in [-0.39, 0.29) is 11.4 Å². The fraction of sp³-hybridized carbons (Fsp3) is 0.500. The van der Waals surface area contributed by atoms with E-state index in [1.165, 1.54) is 6.07 Å². The zero-order chi connectivity index (χ0) is 15.8. The molecule has 1 aromatic carbocycles. The number of carboxylic acids is 1. The van der Waals surface area contributed by atoms with Crippen molar-refractivity contribution in [1.82, 2.24) is 4.31 Å². The fourth-order valence-electron chi connectivity index (χ4n) is 2.64. The molecule has 1 saturated heterocycles. The summed E-state index contributed by atoms with van der Waals surface area (Å²) in [7, 11) is -0.0960. The molecule has 1 aromatic rings. The van der Waals surface area contributed by atoms with E-state index in [9.17, 15) is 13.2 Å². The second-order valence-corrected chi connectivity index (χ2v) is 7.35. The molecule has 1 atom stereocenters. The maximum Gasteiger partial charge on any atom is 0.322 e. The van der Waals surface area contributed by atoms with Gasteiger partial charge in [-0.3, -0.25) is 4.79 Å². The monoisotopic (exact) mass is 312 g/mol. The number of aliphatic carboxylic acids is 1. The predicted molar refractivity (Wildman–Crippen MR) is 80.1 cm³/mol. The number of aryl methyl sites for hydroxylation is 1. The van der Waals surface area contributed by atoms with Gasteiger partial charge >= 0.3 is 5.97 Å². The maximum absolute atomic E-state index is 12.7. The topological polar surface area (TPSA) is 77.9 Å². The number of hydrogen-bond acceptors (Lipinski definition) is 4. The largest absolute Gasteiger partial charge is 0.480 e. The highest BCUT2D eigenvalue weighted by molar-refractivity contribution is 7.89. The van der Waals surface area contributed by atoms with Crippen molar-refractivity contribution >= 4 is 21.7 Å². The van der Waals surface area contributed by atoms with E-state index in [1.54, 1.807) is 12.1 Å². The highest BCUT2D eigenvalue weighted by Gasteiger charge is 2.39. The molecule has 116 valence electrons. The van der Waals surface area contributed by atoms with Crippen LogP contribution in [0.5, 0.6) is 0 Å². The van der Waals surface area contributed by atoms with Crippen molar-refractivity contribution in [2.75, 3.05) is 25.5 Å². The van der Waals surface area contributed by atoms with Crippen molar-refractivity contribution < 1.29 is 18.3 Å². The number of hydrogen-bond donors (Lipinski definition) is 1. The number of sulfonamides is 1. The summed E-state index contributed by atoms with van der Waals surface area (Å²) in [5.74, 6) is -1.09. The van der Waals surface area contributed by atoms with Gasteiger partial charge in [-0.15, -0.1) is 0 Å². The van der Waals surface area contributed by atoms with Crippen molar-refractivity contribution in [3.8, 4) is 0 Å². The van der Waals surface area contributed by atoms with Crippen molar-refractivity contribution in [2.45, 2.75) is 30.7 Å². The van der Waals surface area contributed by atoms with Gasteiger partial charge in [0.05, 0.1) is 4.90 Å². The Hall–Kier alpha value is -1.60. The van der Waals surface area contributed by atoms with Crippen LogP contribution in [-0.4, -0.2) is 50.5 Å². The van der Waals surface area contributed by atoms with Crippen molar-refractivity contribution in [3.05, 3.63) is 23.8 Å². The van der Waals surface area contributed by atoms with Gasteiger partial charge in [0.1, 0.15) is 6.04 Å². The summed E-state index contributed by atoms with van der Waals surface area (Å²) in [4.78, 5) is 13.2. The lowest BCUT2D eigenvalue weighted by Crippen LogP contribution is -2.40. The lowest BCUT2D eigenvalue weighted by atomic mass is 10.2. The first-order chi connectivity index (χ1) is 9.75. The van der Waals surface area contributed by atoms with Gasteiger partial charge < -0.3 is 10.0 Å². The average Bonchev–Trinajstić information content (AvgIpc) is 2.88. The Balaban J connectivity index is 2.45. The van der Waals surface area contributed by atoms with Crippen LogP contribution in [0.2, 0.25) is 0 Å².